The minimum absolute atomic E-state index is 0.534. The van der Waals surface area contributed by atoms with Crippen molar-refractivity contribution < 1.29 is 4.74 Å². The predicted octanol–water partition coefficient (Wildman–Crippen LogP) is 0.897. The van der Waals surface area contributed by atoms with Gasteiger partial charge in [0.1, 0.15) is 5.82 Å². The lowest BCUT2D eigenvalue weighted by Crippen LogP contribution is -2.17. The molecule has 0 spiro atoms. The Morgan fingerprint density at radius 3 is 2.93 bits per heavy atom. The Kier molecular flexibility index (Phi) is 5.47. The number of ether oxygens (including phenoxy) is 1. The van der Waals surface area contributed by atoms with Gasteiger partial charge in [0.15, 0.2) is 0 Å². The van der Waals surface area contributed by atoms with Gasteiger partial charge in [-0.15, -0.1) is 0 Å². The van der Waals surface area contributed by atoms with Crippen LogP contribution in [0.25, 0.3) is 0 Å². The van der Waals surface area contributed by atoms with Crippen molar-refractivity contribution in [2.24, 2.45) is 0 Å². The van der Waals surface area contributed by atoms with E-state index in [4.69, 9.17) is 4.74 Å². The molecule has 0 aromatic carbocycles. The zero-order chi connectivity index (χ0) is 10.9. The molecule has 0 saturated heterocycles. The number of hydrogen-bond acceptors (Lipinski definition) is 5. The molecule has 0 fully saturated rings. The minimum Gasteiger partial charge on any atom is -0.480 e. The number of nitrogens with zero attached hydrogens (tertiary/aromatic N) is 2. The van der Waals surface area contributed by atoms with Crippen LogP contribution >= 0.6 is 0 Å². The lowest BCUT2D eigenvalue weighted by molar-refractivity contribution is 0.396. The van der Waals surface area contributed by atoms with Crippen LogP contribution in [0.1, 0.15) is 13.3 Å². The minimum atomic E-state index is 0.534. The average Bonchev–Trinajstić information content (AvgIpc) is 2.29. The normalized spacial score (nSPS) is 10.0. The van der Waals surface area contributed by atoms with Crippen LogP contribution in [0.4, 0.5) is 5.82 Å². The van der Waals surface area contributed by atoms with Crippen LogP contribution < -0.4 is 15.4 Å². The van der Waals surface area contributed by atoms with Crippen LogP contribution in [0.5, 0.6) is 5.88 Å². The monoisotopic (exact) mass is 210 g/mol. The molecular formula is C10H18N4O. The van der Waals surface area contributed by atoms with Gasteiger partial charge in [0.2, 0.25) is 5.88 Å². The van der Waals surface area contributed by atoms with E-state index in [1.54, 1.807) is 19.5 Å². The maximum Gasteiger partial charge on any atom is 0.233 e. The maximum absolute atomic E-state index is 4.97. The van der Waals surface area contributed by atoms with E-state index >= 15 is 0 Å². The first-order valence-corrected chi connectivity index (χ1v) is 5.17. The number of hydrogen-bond donors (Lipinski definition) is 2. The zero-order valence-corrected chi connectivity index (χ0v) is 9.29. The number of anilines is 1. The third-order valence-electron chi connectivity index (χ3n) is 1.91. The van der Waals surface area contributed by atoms with E-state index in [0.717, 1.165) is 31.9 Å². The van der Waals surface area contributed by atoms with E-state index in [9.17, 15) is 0 Å². The summed E-state index contributed by atoms with van der Waals surface area (Å²) in [5.74, 6) is 1.29. The number of rotatable bonds is 7. The molecule has 0 atom stereocenters. The van der Waals surface area contributed by atoms with Gasteiger partial charge in [-0.1, -0.05) is 6.92 Å². The smallest absolute Gasteiger partial charge is 0.233 e. The average molecular weight is 210 g/mol. The third kappa shape index (κ3) is 4.60. The Hall–Kier alpha value is -1.36. The highest BCUT2D eigenvalue weighted by atomic mass is 16.5. The SMILES string of the molecule is CCNCCCNc1cncc(OC)n1. The van der Waals surface area contributed by atoms with Gasteiger partial charge in [0.25, 0.3) is 0 Å². The molecule has 1 aromatic heterocycles. The van der Waals surface area contributed by atoms with Crippen molar-refractivity contribution in [2.45, 2.75) is 13.3 Å². The molecule has 5 heteroatoms. The molecule has 0 aliphatic heterocycles. The van der Waals surface area contributed by atoms with E-state index < -0.39 is 0 Å². The molecule has 0 bridgehead atoms. The van der Waals surface area contributed by atoms with Gasteiger partial charge in [0, 0.05) is 6.54 Å². The van der Waals surface area contributed by atoms with Crippen LogP contribution in [0.15, 0.2) is 12.4 Å². The summed E-state index contributed by atoms with van der Waals surface area (Å²) in [5.41, 5.74) is 0. The summed E-state index contributed by atoms with van der Waals surface area (Å²) < 4.78 is 4.97. The van der Waals surface area contributed by atoms with Gasteiger partial charge in [-0.25, -0.2) is 0 Å². The van der Waals surface area contributed by atoms with Crippen molar-refractivity contribution >= 4 is 5.82 Å². The van der Waals surface area contributed by atoms with Crippen molar-refractivity contribution in [2.75, 3.05) is 32.1 Å². The molecular weight excluding hydrogens is 192 g/mol. The third-order valence-corrected chi connectivity index (χ3v) is 1.91. The number of methoxy groups -OCH3 is 1. The zero-order valence-electron chi connectivity index (χ0n) is 9.29. The molecule has 1 rings (SSSR count). The Labute approximate surface area is 90.3 Å². The standard InChI is InChI=1S/C10H18N4O/c1-3-11-5-4-6-13-9-7-12-8-10(14-9)15-2/h7-8,11H,3-6H2,1-2H3,(H,13,14). The van der Waals surface area contributed by atoms with Crippen LogP contribution in [-0.4, -0.2) is 36.7 Å². The van der Waals surface area contributed by atoms with E-state index in [2.05, 4.69) is 27.5 Å². The summed E-state index contributed by atoms with van der Waals surface area (Å²) in [6, 6.07) is 0. The summed E-state index contributed by atoms with van der Waals surface area (Å²) in [4.78, 5) is 8.20. The molecule has 0 radical (unpaired) electrons. The first-order chi connectivity index (χ1) is 7.36. The lowest BCUT2D eigenvalue weighted by Gasteiger charge is -2.06. The molecule has 5 nitrogen and oxygen atoms in total. The quantitative estimate of drug-likeness (QED) is 0.655. The molecule has 0 unspecified atom stereocenters. The number of nitrogens with one attached hydrogen (secondary N) is 2. The molecule has 15 heavy (non-hydrogen) atoms. The largest absolute Gasteiger partial charge is 0.480 e. The Bertz CT molecular complexity index is 280. The Balaban J connectivity index is 2.24. The fourth-order valence-corrected chi connectivity index (χ4v) is 1.14. The van der Waals surface area contributed by atoms with Crippen LogP contribution in [-0.2, 0) is 0 Å². The molecule has 0 saturated carbocycles. The highest BCUT2D eigenvalue weighted by molar-refractivity contribution is 5.32. The summed E-state index contributed by atoms with van der Waals surface area (Å²) in [6.45, 7) is 5.01. The molecule has 0 aliphatic carbocycles. The topological polar surface area (TPSA) is 59.1 Å². The van der Waals surface area contributed by atoms with Gasteiger partial charge >= 0.3 is 0 Å². The van der Waals surface area contributed by atoms with Crippen molar-refractivity contribution in [1.29, 1.82) is 0 Å². The molecule has 0 amide bonds. The van der Waals surface area contributed by atoms with Crippen LogP contribution in [0, 0.1) is 0 Å². The maximum atomic E-state index is 4.97. The van der Waals surface area contributed by atoms with Gasteiger partial charge in [-0.05, 0) is 19.5 Å². The molecule has 84 valence electrons. The van der Waals surface area contributed by atoms with Crippen LogP contribution in [0.2, 0.25) is 0 Å². The van der Waals surface area contributed by atoms with E-state index in [-0.39, 0.29) is 0 Å². The summed E-state index contributed by atoms with van der Waals surface area (Å²) in [5, 5.41) is 6.44. The van der Waals surface area contributed by atoms with Gasteiger partial charge in [-0.3, -0.25) is 4.98 Å². The summed E-state index contributed by atoms with van der Waals surface area (Å²) in [6.07, 6.45) is 4.34. The molecule has 0 aliphatic rings. The highest BCUT2D eigenvalue weighted by Crippen LogP contribution is 2.07. The van der Waals surface area contributed by atoms with Gasteiger partial charge < -0.3 is 15.4 Å². The lowest BCUT2D eigenvalue weighted by atomic mass is 10.4. The fourth-order valence-electron chi connectivity index (χ4n) is 1.14. The first kappa shape index (κ1) is 11.7. The fraction of sp³-hybridized carbons (Fsp3) is 0.600. The molecule has 1 heterocycles. The van der Waals surface area contributed by atoms with E-state index in [1.165, 1.54) is 0 Å². The van der Waals surface area contributed by atoms with Crippen molar-refractivity contribution in [3.8, 4) is 5.88 Å². The molecule has 2 N–H and O–H groups in total. The van der Waals surface area contributed by atoms with Crippen molar-refractivity contribution in [1.82, 2.24) is 15.3 Å². The Morgan fingerprint density at radius 2 is 2.20 bits per heavy atom. The van der Waals surface area contributed by atoms with E-state index in [0.29, 0.717) is 5.88 Å². The second-order valence-electron chi connectivity index (χ2n) is 3.08. The summed E-state index contributed by atoms with van der Waals surface area (Å²) >= 11 is 0. The van der Waals surface area contributed by atoms with Crippen molar-refractivity contribution in [3.63, 3.8) is 0 Å². The van der Waals surface area contributed by atoms with Gasteiger partial charge in [0.05, 0.1) is 19.5 Å². The number of aromatic nitrogens is 2. The highest BCUT2D eigenvalue weighted by Gasteiger charge is 1.96. The van der Waals surface area contributed by atoms with E-state index in [1.807, 2.05) is 0 Å². The van der Waals surface area contributed by atoms with Gasteiger partial charge in [-0.2, -0.15) is 4.98 Å². The predicted molar refractivity (Wildman–Crippen MR) is 60.2 cm³/mol. The first-order valence-electron chi connectivity index (χ1n) is 5.17. The van der Waals surface area contributed by atoms with Crippen LogP contribution in [0.3, 0.4) is 0 Å². The van der Waals surface area contributed by atoms with Crippen molar-refractivity contribution in [3.05, 3.63) is 12.4 Å². The Morgan fingerprint density at radius 1 is 1.33 bits per heavy atom. The molecule has 1 aromatic rings. The summed E-state index contributed by atoms with van der Waals surface area (Å²) in [7, 11) is 1.58. The second kappa shape index (κ2) is 7.00. The second-order valence-corrected chi connectivity index (χ2v) is 3.08.